The molecule has 4 rings (SSSR count). The fourth-order valence-electron chi connectivity index (χ4n) is 3.93. The normalized spacial score (nSPS) is 16.3. The van der Waals surface area contributed by atoms with Gasteiger partial charge in [-0.25, -0.2) is 4.79 Å². The van der Waals surface area contributed by atoms with Crippen LogP contribution in [0.15, 0.2) is 66.7 Å². The van der Waals surface area contributed by atoms with Crippen molar-refractivity contribution in [3.63, 3.8) is 0 Å². The van der Waals surface area contributed by atoms with Crippen molar-refractivity contribution >= 4 is 23.3 Å². The summed E-state index contributed by atoms with van der Waals surface area (Å²) in [4.78, 5) is 13.3. The average molecular weight is 436 g/mol. The summed E-state index contributed by atoms with van der Waals surface area (Å²) in [6.45, 7) is 1.98. The number of hydrogen-bond acceptors (Lipinski definition) is 3. The first-order valence-electron chi connectivity index (χ1n) is 10.4. The summed E-state index contributed by atoms with van der Waals surface area (Å²) in [6.07, 6.45) is 1.98. The highest BCUT2D eigenvalue weighted by Crippen LogP contribution is 2.34. The first-order valence-corrected chi connectivity index (χ1v) is 10.7. The Labute approximate surface area is 187 Å². The lowest BCUT2D eigenvalue weighted by molar-refractivity contribution is 0.209. The Morgan fingerprint density at radius 1 is 1.13 bits per heavy atom. The predicted molar refractivity (Wildman–Crippen MR) is 126 cm³/mol. The first-order chi connectivity index (χ1) is 15.0. The Morgan fingerprint density at radius 2 is 1.90 bits per heavy atom. The number of likely N-dealkylation sites (N-methyl/N-ethyl adjacent to an activating group) is 1. The summed E-state index contributed by atoms with van der Waals surface area (Å²) in [5.41, 5.74) is 10.2. The highest BCUT2D eigenvalue weighted by atomic mass is 35.5. The van der Waals surface area contributed by atoms with Gasteiger partial charge in [0.05, 0.1) is 0 Å². The smallest absolute Gasteiger partial charge is 0.316 e. The molecule has 3 N–H and O–H groups in total. The van der Waals surface area contributed by atoms with Crippen molar-refractivity contribution in [1.29, 1.82) is 0 Å². The summed E-state index contributed by atoms with van der Waals surface area (Å²) < 4.78 is 6.39. The third-order valence-corrected chi connectivity index (χ3v) is 5.69. The number of likely N-dealkylation sites (tertiary alicyclic amines) is 1. The minimum atomic E-state index is -0.567. The molecule has 0 spiro atoms. The van der Waals surface area contributed by atoms with Gasteiger partial charge in [0.25, 0.3) is 0 Å². The number of urea groups is 1. The van der Waals surface area contributed by atoms with Crippen LogP contribution in [0.3, 0.4) is 0 Å². The number of rotatable bonds is 6. The third-order valence-electron chi connectivity index (χ3n) is 5.45. The Kier molecular flexibility index (Phi) is 6.44. The molecule has 0 aliphatic carbocycles. The maximum Gasteiger partial charge on any atom is 0.316 e. The van der Waals surface area contributed by atoms with Crippen molar-refractivity contribution in [3.8, 4) is 16.9 Å². The molecular weight excluding hydrogens is 410 g/mol. The van der Waals surface area contributed by atoms with Crippen LogP contribution in [-0.2, 0) is 6.42 Å². The number of carbonyl (C=O) groups excluding carboxylic acids is 1. The van der Waals surface area contributed by atoms with Gasteiger partial charge >= 0.3 is 6.03 Å². The maximum atomic E-state index is 11.0. The molecule has 31 heavy (non-hydrogen) atoms. The van der Waals surface area contributed by atoms with E-state index in [2.05, 4.69) is 41.5 Å². The highest BCUT2D eigenvalue weighted by molar-refractivity contribution is 6.30. The van der Waals surface area contributed by atoms with Crippen LogP contribution in [0.25, 0.3) is 11.1 Å². The van der Waals surface area contributed by atoms with Crippen LogP contribution in [-0.4, -0.2) is 37.2 Å². The Bertz CT molecular complexity index is 1070. The van der Waals surface area contributed by atoms with Crippen molar-refractivity contribution in [2.45, 2.75) is 18.9 Å². The van der Waals surface area contributed by atoms with Crippen LogP contribution >= 0.6 is 11.6 Å². The van der Waals surface area contributed by atoms with Crippen LogP contribution < -0.4 is 15.8 Å². The van der Waals surface area contributed by atoms with Crippen molar-refractivity contribution in [2.75, 3.05) is 25.5 Å². The van der Waals surface area contributed by atoms with Crippen molar-refractivity contribution < 1.29 is 9.53 Å². The lowest BCUT2D eigenvalue weighted by Crippen LogP contribution is -2.21. The zero-order chi connectivity index (χ0) is 21.8. The molecule has 1 saturated heterocycles. The molecule has 5 nitrogen and oxygen atoms in total. The second-order valence-electron chi connectivity index (χ2n) is 7.99. The van der Waals surface area contributed by atoms with Crippen molar-refractivity contribution in [2.24, 2.45) is 5.73 Å². The number of primary amides is 1. The van der Waals surface area contributed by atoms with Crippen molar-refractivity contribution in [1.82, 2.24) is 4.90 Å². The molecule has 0 unspecified atom stereocenters. The standard InChI is InChI=1S/C25H26ClN3O2/c1-29-12-11-22(16-29)31-24-10-7-18(14-23(24)19-3-2-4-20(26)15-19)13-17-5-8-21(9-6-17)28-25(27)30/h2-10,14-15,22H,11-13,16H2,1H3,(H3,27,28,30)/t22-/m0/s1. The fraction of sp³-hybridized carbons (Fsp3) is 0.240. The fourth-order valence-corrected chi connectivity index (χ4v) is 4.12. The van der Waals surface area contributed by atoms with E-state index >= 15 is 0 Å². The summed E-state index contributed by atoms with van der Waals surface area (Å²) in [5.74, 6) is 0.882. The largest absolute Gasteiger partial charge is 0.488 e. The van der Waals surface area contributed by atoms with E-state index in [0.717, 1.165) is 48.4 Å². The second-order valence-corrected chi connectivity index (χ2v) is 8.43. The molecule has 1 aliphatic rings. The number of halogens is 1. The molecule has 0 saturated carbocycles. The van der Waals surface area contributed by atoms with E-state index in [1.165, 1.54) is 5.56 Å². The van der Waals surface area contributed by atoms with Gasteiger partial charge in [-0.15, -0.1) is 0 Å². The molecule has 1 heterocycles. The first kappa shape index (κ1) is 21.2. The Morgan fingerprint density at radius 3 is 2.58 bits per heavy atom. The van der Waals surface area contributed by atoms with E-state index in [4.69, 9.17) is 22.1 Å². The van der Waals surface area contributed by atoms with Gasteiger partial charge in [0.1, 0.15) is 11.9 Å². The zero-order valence-corrected chi connectivity index (χ0v) is 18.2. The van der Waals surface area contributed by atoms with Crippen molar-refractivity contribution in [3.05, 3.63) is 82.9 Å². The van der Waals surface area contributed by atoms with Gasteiger partial charge in [-0.1, -0.05) is 41.9 Å². The van der Waals surface area contributed by atoms with E-state index in [9.17, 15) is 4.79 Å². The van der Waals surface area contributed by atoms with Crippen LogP contribution in [0.4, 0.5) is 10.5 Å². The van der Waals surface area contributed by atoms with E-state index < -0.39 is 6.03 Å². The molecule has 0 radical (unpaired) electrons. The minimum absolute atomic E-state index is 0.194. The number of nitrogens with one attached hydrogen (secondary N) is 1. The van der Waals surface area contributed by atoms with Gasteiger partial charge in [0.15, 0.2) is 0 Å². The summed E-state index contributed by atoms with van der Waals surface area (Å²) >= 11 is 6.27. The molecule has 1 aliphatic heterocycles. The second kappa shape index (κ2) is 9.41. The molecule has 6 heteroatoms. The Balaban J connectivity index is 1.60. The zero-order valence-electron chi connectivity index (χ0n) is 17.5. The molecule has 160 valence electrons. The molecule has 0 bridgehead atoms. The quantitative estimate of drug-likeness (QED) is 0.561. The molecule has 1 atom stereocenters. The number of hydrogen-bond donors (Lipinski definition) is 2. The molecule has 1 fully saturated rings. The number of ether oxygens (including phenoxy) is 1. The number of nitrogens with two attached hydrogens (primary N) is 1. The maximum absolute atomic E-state index is 11.0. The number of nitrogens with zero attached hydrogens (tertiary/aromatic N) is 1. The lowest BCUT2D eigenvalue weighted by atomic mass is 9.98. The third kappa shape index (κ3) is 5.57. The molecule has 3 aromatic carbocycles. The number of amides is 2. The van der Waals surface area contributed by atoms with Crippen LogP contribution in [0.1, 0.15) is 17.5 Å². The number of anilines is 1. The van der Waals surface area contributed by atoms with E-state index in [1.54, 1.807) is 0 Å². The summed E-state index contributed by atoms with van der Waals surface area (Å²) in [6, 6.07) is 21.3. The van der Waals surface area contributed by atoms with E-state index in [1.807, 2.05) is 42.5 Å². The van der Waals surface area contributed by atoms with Gasteiger partial charge in [0, 0.05) is 29.4 Å². The average Bonchev–Trinajstić information content (AvgIpc) is 3.15. The lowest BCUT2D eigenvalue weighted by Gasteiger charge is -2.18. The highest BCUT2D eigenvalue weighted by Gasteiger charge is 2.22. The molecule has 0 aromatic heterocycles. The van der Waals surface area contributed by atoms with Crippen LogP contribution in [0, 0.1) is 0 Å². The van der Waals surface area contributed by atoms with Gasteiger partial charge in [-0.2, -0.15) is 0 Å². The molecule has 3 aromatic rings. The number of carbonyl (C=O) groups is 1. The monoisotopic (exact) mass is 435 g/mol. The Hall–Kier alpha value is -3.02. The summed E-state index contributed by atoms with van der Waals surface area (Å²) in [5, 5.41) is 3.28. The molecular formula is C25H26ClN3O2. The predicted octanol–water partition coefficient (Wildman–Crippen LogP) is 5.17. The van der Waals surface area contributed by atoms with E-state index in [0.29, 0.717) is 10.7 Å². The number of benzene rings is 3. The topological polar surface area (TPSA) is 67.6 Å². The van der Waals surface area contributed by atoms with Crippen LogP contribution in [0.2, 0.25) is 5.02 Å². The SMILES string of the molecule is CN1CC[C@H](Oc2ccc(Cc3ccc(NC(N)=O)cc3)cc2-c2cccc(Cl)c2)C1. The minimum Gasteiger partial charge on any atom is -0.488 e. The summed E-state index contributed by atoms with van der Waals surface area (Å²) in [7, 11) is 2.12. The molecule has 2 amide bonds. The van der Waals surface area contributed by atoms with Gasteiger partial charge < -0.3 is 20.7 Å². The van der Waals surface area contributed by atoms with Gasteiger partial charge in [-0.05, 0) is 73.0 Å². The van der Waals surface area contributed by atoms with Crippen LogP contribution in [0.5, 0.6) is 5.75 Å². The van der Waals surface area contributed by atoms with E-state index in [-0.39, 0.29) is 6.10 Å². The van der Waals surface area contributed by atoms with Gasteiger partial charge in [-0.3, -0.25) is 0 Å². The van der Waals surface area contributed by atoms with Gasteiger partial charge in [0.2, 0.25) is 0 Å².